The van der Waals surface area contributed by atoms with Crippen molar-refractivity contribution in [2.75, 3.05) is 0 Å². The second kappa shape index (κ2) is 9.79. The molecule has 0 bridgehead atoms. The van der Waals surface area contributed by atoms with Crippen LogP contribution < -0.4 is 11.1 Å². The molecule has 1 atom stereocenters. The van der Waals surface area contributed by atoms with Gasteiger partial charge in [-0.3, -0.25) is 0 Å². The lowest BCUT2D eigenvalue weighted by Crippen LogP contribution is -2.34. The van der Waals surface area contributed by atoms with Crippen molar-refractivity contribution in [3.8, 4) is 0 Å². The number of thiazole rings is 1. The average Bonchev–Trinajstić information content (AvgIpc) is 2.94. The number of nitrogens with two attached hydrogens (primary N) is 1. The molecule has 0 aliphatic heterocycles. The highest BCUT2D eigenvalue weighted by molar-refractivity contribution is 14.0. The summed E-state index contributed by atoms with van der Waals surface area (Å²) in [6.45, 7) is 6.68. The molecule has 0 saturated heterocycles. The molecule has 132 valence electrons. The quantitative estimate of drug-likeness (QED) is 0.331. The van der Waals surface area contributed by atoms with E-state index in [9.17, 15) is 0 Å². The Kier molecular flexibility index (Phi) is 8.76. The van der Waals surface area contributed by atoms with Gasteiger partial charge in [0.05, 0.1) is 18.3 Å². The summed E-state index contributed by atoms with van der Waals surface area (Å²) in [6, 6.07) is 5.33. The minimum atomic E-state index is -0.0639. The van der Waals surface area contributed by atoms with Crippen molar-refractivity contribution in [2.24, 2.45) is 10.7 Å². The van der Waals surface area contributed by atoms with Crippen molar-refractivity contribution in [2.45, 2.75) is 39.3 Å². The molecule has 0 spiro atoms. The Morgan fingerprint density at radius 3 is 2.62 bits per heavy atom. The molecule has 1 heterocycles. The molecule has 0 radical (unpaired) electrons. The smallest absolute Gasteiger partial charge is 0.189 e. The van der Waals surface area contributed by atoms with Crippen LogP contribution in [0.3, 0.4) is 0 Å². The van der Waals surface area contributed by atoms with E-state index in [4.69, 9.17) is 28.9 Å². The summed E-state index contributed by atoms with van der Waals surface area (Å²) in [6.07, 6.45) is 0. The van der Waals surface area contributed by atoms with Crippen LogP contribution in [0.5, 0.6) is 0 Å². The third-order valence-corrected chi connectivity index (χ3v) is 4.75. The minimum Gasteiger partial charge on any atom is -0.370 e. The number of guanidine groups is 1. The Morgan fingerprint density at radius 1 is 1.33 bits per heavy atom. The Bertz CT molecular complexity index is 703. The molecule has 1 unspecified atom stereocenters. The van der Waals surface area contributed by atoms with Gasteiger partial charge in [-0.15, -0.1) is 35.3 Å². The monoisotopic (exact) mass is 498 g/mol. The topological polar surface area (TPSA) is 63.3 Å². The summed E-state index contributed by atoms with van der Waals surface area (Å²) in [5, 5.41) is 7.36. The highest BCUT2D eigenvalue weighted by Gasteiger charge is 2.11. The number of aromatic nitrogens is 1. The first-order valence-corrected chi connectivity index (χ1v) is 8.96. The van der Waals surface area contributed by atoms with Crippen LogP contribution >= 0.6 is 58.5 Å². The van der Waals surface area contributed by atoms with E-state index in [1.165, 1.54) is 0 Å². The van der Waals surface area contributed by atoms with Gasteiger partial charge in [0, 0.05) is 15.4 Å². The summed E-state index contributed by atoms with van der Waals surface area (Å²) in [4.78, 5) is 8.88. The van der Waals surface area contributed by atoms with Crippen LogP contribution in [-0.4, -0.2) is 10.9 Å². The van der Waals surface area contributed by atoms with Gasteiger partial charge in [0.1, 0.15) is 5.01 Å². The molecule has 2 aromatic rings. The number of aliphatic imine (C=N–C) groups is 1. The maximum absolute atomic E-state index is 6.20. The zero-order valence-electron chi connectivity index (χ0n) is 13.7. The molecule has 3 N–H and O–H groups in total. The minimum absolute atomic E-state index is 0. The third-order valence-electron chi connectivity index (χ3n) is 3.34. The van der Waals surface area contributed by atoms with E-state index in [1.807, 2.05) is 13.0 Å². The molecule has 2 rings (SSSR count). The van der Waals surface area contributed by atoms with Gasteiger partial charge in [0.25, 0.3) is 0 Å². The van der Waals surface area contributed by atoms with Crippen LogP contribution in [0.2, 0.25) is 10.0 Å². The van der Waals surface area contributed by atoms with E-state index in [2.05, 4.69) is 34.5 Å². The van der Waals surface area contributed by atoms with Crippen LogP contribution in [-0.2, 0) is 6.54 Å². The predicted molar refractivity (Wildman–Crippen MR) is 115 cm³/mol. The van der Waals surface area contributed by atoms with Gasteiger partial charge < -0.3 is 11.1 Å². The fourth-order valence-corrected chi connectivity index (χ4v) is 3.46. The van der Waals surface area contributed by atoms with Gasteiger partial charge in [-0.1, -0.05) is 43.1 Å². The van der Waals surface area contributed by atoms with Gasteiger partial charge in [0.2, 0.25) is 0 Å². The number of hydrogen-bond acceptors (Lipinski definition) is 3. The van der Waals surface area contributed by atoms with Gasteiger partial charge >= 0.3 is 0 Å². The number of nitrogens with one attached hydrogen (secondary N) is 1. The normalized spacial score (nSPS) is 12.8. The molecule has 24 heavy (non-hydrogen) atoms. The van der Waals surface area contributed by atoms with E-state index in [0.29, 0.717) is 28.5 Å². The maximum atomic E-state index is 6.20. The summed E-state index contributed by atoms with van der Waals surface area (Å²) in [7, 11) is 0. The van der Waals surface area contributed by atoms with E-state index < -0.39 is 0 Å². The highest BCUT2D eigenvalue weighted by Crippen LogP contribution is 2.26. The zero-order chi connectivity index (χ0) is 17.0. The second-order valence-corrected chi connectivity index (χ2v) is 7.34. The first-order valence-electron chi connectivity index (χ1n) is 7.32. The van der Waals surface area contributed by atoms with Crippen LogP contribution in [0.1, 0.15) is 49.0 Å². The van der Waals surface area contributed by atoms with E-state index in [1.54, 1.807) is 23.5 Å². The molecule has 0 aliphatic carbocycles. The number of benzene rings is 1. The lowest BCUT2D eigenvalue weighted by Gasteiger charge is -2.16. The summed E-state index contributed by atoms with van der Waals surface area (Å²) < 4.78 is 0. The maximum Gasteiger partial charge on any atom is 0.189 e. The lowest BCUT2D eigenvalue weighted by atomic mass is 10.1. The first kappa shape index (κ1) is 21.5. The molecule has 1 aromatic heterocycles. The average molecular weight is 499 g/mol. The molecule has 0 aliphatic rings. The van der Waals surface area contributed by atoms with E-state index in [-0.39, 0.29) is 30.0 Å². The van der Waals surface area contributed by atoms with Crippen molar-refractivity contribution in [1.82, 2.24) is 10.3 Å². The molecule has 1 aromatic carbocycles. The summed E-state index contributed by atoms with van der Waals surface area (Å²) >= 11 is 13.7. The zero-order valence-corrected chi connectivity index (χ0v) is 18.4. The standard InChI is InChI=1S/C16H20Cl2N4S.HI/c1-9(2)14-8-23-15(22-14)7-20-16(19)21-10(3)12-5-4-11(17)6-13(12)18;/h4-6,8-10H,7H2,1-3H3,(H3,19,20,21);1H. The molecule has 0 saturated carbocycles. The number of rotatable bonds is 5. The largest absolute Gasteiger partial charge is 0.370 e. The number of hydrogen-bond donors (Lipinski definition) is 2. The molecular formula is C16H21Cl2IN4S. The van der Waals surface area contributed by atoms with Gasteiger partial charge in [-0.25, -0.2) is 9.98 Å². The summed E-state index contributed by atoms with van der Waals surface area (Å²) in [5.74, 6) is 0.788. The molecular weight excluding hydrogens is 478 g/mol. The molecule has 0 amide bonds. The van der Waals surface area contributed by atoms with Crippen molar-refractivity contribution >= 4 is 64.5 Å². The third kappa shape index (κ3) is 6.06. The Hall–Kier alpha value is -0.570. The van der Waals surface area contributed by atoms with Gasteiger partial charge in [0.15, 0.2) is 5.96 Å². The van der Waals surface area contributed by atoms with Crippen LogP contribution in [0.15, 0.2) is 28.6 Å². The van der Waals surface area contributed by atoms with Crippen molar-refractivity contribution in [3.05, 3.63) is 49.9 Å². The fraction of sp³-hybridized carbons (Fsp3) is 0.375. The van der Waals surface area contributed by atoms with Crippen molar-refractivity contribution in [3.63, 3.8) is 0 Å². The van der Waals surface area contributed by atoms with Crippen molar-refractivity contribution < 1.29 is 0 Å². The van der Waals surface area contributed by atoms with E-state index >= 15 is 0 Å². The molecule has 4 nitrogen and oxygen atoms in total. The van der Waals surface area contributed by atoms with Crippen molar-refractivity contribution in [1.29, 1.82) is 0 Å². The van der Waals surface area contributed by atoms with E-state index in [0.717, 1.165) is 16.3 Å². The number of halogens is 3. The SMILES string of the molecule is CC(C)c1csc(CN=C(N)NC(C)c2ccc(Cl)cc2Cl)n1.I. The van der Waals surface area contributed by atoms with Crippen LogP contribution in [0.4, 0.5) is 0 Å². The Balaban J connectivity index is 0.00000288. The van der Waals surface area contributed by atoms with Gasteiger partial charge in [-0.05, 0) is 30.5 Å². The second-order valence-electron chi connectivity index (χ2n) is 5.55. The summed E-state index contributed by atoms with van der Waals surface area (Å²) in [5.41, 5.74) is 7.97. The van der Waals surface area contributed by atoms with Gasteiger partial charge in [-0.2, -0.15) is 0 Å². The highest BCUT2D eigenvalue weighted by atomic mass is 127. The lowest BCUT2D eigenvalue weighted by molar-refractivity contribution is 0.707. The van der Waals surface area contributed by atoms with Crippen LogP contribution in [0.25, 0.3) is 0 Å². The predicted octanol–water partition coefficient (Wildman–Crippen LogP) is 5.36. The Labute approximate surface area is 173 Å². The fourth-order valence-electron chi connectivity index (χ4n) is 2.01. The first-order chi connectivity index (χ1) is 10.9. The Morgan fingerprint density at radius 2 is 2.04 bits per heavy atom. The number of nitrogens with zero attached hydrogens (tertiary/aromatic N) is 2. The molecule has 8 heteroatoms. The van der Waals surface area contributed by atoms with Crippen LogP contribution in [0, 0.1) is 0 Å². The molecule has 0 fully saturated rings.